The molecule has 0 radical (unpaired) electrons. The van der Waals surface area contributed by atoms with Gasteiger partial charge in [-0.1, -0.05) is 59.8 Å². The standard InChI is InChI=1S/C24H24ClN5O2S2/c1-32-12-6-11-26-23(31)20-15-33-22(27-20)16-34-24-29-28-21(13-17-7-3-2-4-8-17)30(24)19-10-5-9-18(25)14-19/h2-5,7-10,14-15H,6,11-13,16H2,1H3,(H,26,31). The van der Waals surface area contributed by atoms with Crippen molar-refractivity contribution in [3.05, 3.63) is 87.1 Å². The van der Waals surface area contributed by atoms with Gasteiger partial charge in [0.05, 0.1) is 11.4 Å². The maximum absolute atomic E-state index is 12.3. The molecule has 0 saturated heterocycles. The van der Waals surface area contributed by atoms with E-state index in [-0.39, 0.29) is 5.91 Å². The Morgan fingerprint density at radius 2 is 2.03 bits per heavy atom. The summed E-state index contributed by atoms with van der Waals surface area (Å²) in [5.74, 6) is 1.23. The van der Waals surface area contributed by atoms with Gasteiger partial charge in [-0.15, -0.1) is 21.5 Å². The van der Waals surface area contributed by atoms with E-state index in [1.807, 2.05) is 47.0 Å². The number of carbonyl (C=O) groups excluding carboxylic acids is 1. The number of methoxy groups -OCH3 is 1. The third-order valence-corrected chi connectivity index (χ3v) is 7.10. The van der Waals surface area contributed by atoms with Gasteiger partial charge in [-0.3, -0.25) is 9.36 Å². The number of hydrogen-bond donors (Lipinski definition) is 1. The molecular weight excluding hydrogens is 490 g/mol. The fourth-order valence-electron chi connectivity index (χ4n) is 3.28. The van der Waals surface area contributed by atoms with Gasteiger partial charge in [0.15, 0.2) is 5.16 Å². The molecule has 2 heterocycles. The van der Waals surface area contributed by atoms with Crippen LogP contribution in [-0.4, -0.2) is 45.9 Å². The lowest BCUT2D eigenvalue weighted by molar-refractivity contribution is 0.0944. The third kappa shape index (κ3) is 6.44. The van der Waals surface area contributed by atoms with Gasteiger partial charge in [0, 0.05) is 37.1 Å². The predicted octanol–water partition coefficient (Wildman–Crippen LogP) is 5.03. The monoisotopic (exact) mass is 513 g/mol. The molecule has 0 aliphatic rings. The summed E-state index contributed by atoms with van der Waals surface area (Å²) >= 11 is 9.26. The second-order valence-corrected chi connectivity index (χ2v) is 9.72. The van der Waals surface area contributed by atoms with Gasteiger partial charge < -0.3 is 10.1 Å². The number of amides is 1. The van der Waals surface area contributed by atoms with Gasteiger partial charge in [-0.25, -0.2) is 4.98 Å². The van der Waals surface area contributed by atoms with Crippen LogP contribution in [0.4, 0.5) is 0 Å². The molecule has 4 aromatic rings. The lowest BCUT2D eigenvalue weighted by Gasteiger charge is -2.10. The highest BCUT2D eigenvalue weighted by atomic mass is 35.5. The number of thioether (sulfide) groups is 1. The molecular formula is C24H24ClN5O2S2. The van der Waals surface area contributed by atoms with E-state index in [1.165, 1.54) is 23.1 Å². The summed E-state index contributed by atoms with van der Waals surface area (Å²) in [5, 5.41) is 15.8. The normalized spacial score (nSPS) is 11.0. The van der Waals surface area contributed by atoms with E-state index < -0.39 is 0 Å². The number of nitrogens with one attached hydrogen (secondary N) is 1. The average molecular weight is 514 g/mol. The van der Waals surface area contributed by atoms with E-state index >= 15 is 0 Å². The Morgan fingerprint density at radius 1 is 1.18 bits per heavy atom. The van der Waals surface area contributed by atoms with Crippen molar-refractivity contribution < 1.29 is 9.53 Å². The molecule has 4 rings (SSSR count). The molecule has 0 fully saturated rings. The maximum Gasteiger partial charge on any atom is 0.270 e. The minimum Gasteiger partial charge on any atom is -0.385 e. The van der Waals surface area contributed by atoms with Crippen LogP contribution in [0, 0.1) is 0 Å². The molecule has 176 valence electrons. The highest BCUT2D eigenvalue weighted by Crippen LogP contribution is 2.28. The van der Waals surface area contributed by atoms with Crippen molar-refractivity contribution in [1.29, 1.82) is 0 Å². The third-order valence-electron chi connectivity index (χ3n) is 4.89. The number of hydrogen-bond acceptors (Lipinski definition) is 7. The lowest BCUT2D eigenvalue weighted by atomic mass is 10.1. The molecule has 7 nitrogen and oxygen atoms in total. The van der Waals surface area contributed by atoms with E-state index in [0.717, 1.165) is 33.7 Å². The van der Waals surface area contributed by atoms with Gasteiger partial charge >= 0.3 is 0 Å². The minimum absolute atomic E-state index is 0.171. The Morgan fingerprint density at radius 3 is 2.82 bits per heavy atom. The number of rotatable bonds is 11. The zero-order valence-corrected chi connectivity index (χ0v) is 21.0. The van der Waals surface area contributed by atoms with Crippen LogP contribution in [0.1, 0.15) is 33.3 Å². The largest absolute Gasteiger partial charge is 0.385 e. The summed E-state index contributed by atoms with van der Waals surface area (Å²) < 4.78 is 7.03. The van der Waals surface area contributed by atoms with Gasteiger partial charge in [0.2, 0.25) is 0 Å². The second kappa shape index (κ2) is 12.1. The first-order valence-corrected chi connectivity index (χ1v) is 13.0. The first kappa shape index (κ1) is 24.4. The number of ether oxygens (including phenoxy) is 1. The van der Waals surface area contributed by atoms with Gasteiger partial charge in [-0.05, 0) is 30.2 Å². The highest BCUT2D eigenvalue weighted by molar-refractivity contribution is 7.98. The Labute approximate surface area is 211 Å². The molecule has 34 heavy (non-hydrogen) atoms. The molecule has 0 unspecified atom stereocenters. The topological polar surface area (TPSA) is 81.9 Å². The number of nitrogens with zero attached hydrogens (tertiary/aromatic N) is 4. The van der Waals surface area contributed by atoms with Crippen molar-refractivity contribution in [1.82, 2.24) is 25.1 Å². The predicted molar refractivity (Wildman–Crippen MR) is 136 cm³/mol. The Kier molecular flexibility index (Phi) is 8.70. The molecule has 0 bridgehead atoms. The molecule has 0 aliphatic carbocycles. The second-order valence-electron chi connectivity index (χ2n) is 7.39. The summed E-state index contributed by atoms with van der Waals surface area (Å²) in [4.78, 5) is 16.8. The van der Waals surface area contributed by atoms with Crippen LogP contribution in [0.15, 0.2) is 65.1 Å². The van der Waals surface area contributed by atoms with E-state index in [4.69, 9.17) is 16.3 Å². The van der Waals surface area contributed by atoms with Crippen molar-refractivity contribution in [3.8, 4) is 5.69 Å². The van der Waals surface area contributed by atoms with Crippen molar-refractivity contribution >= 4 is 40.6 Å². The molecule has 1 amide bonds. The minimum atomic E-state index is -0.171. The molecule has 0 atom stereocenters. The van der Waals surface area contributed by atoms with Gasteiger partial charge in [0.1, 0.15) is 16.5 Å². The van der Waals surface area contributed by atoms with Crippen molar-refractivity contribution in [2.75, 3.05) is 20.3 Å². The van der Waals surface area contributed by atoms with Crippen LogP contribution in [0.3, 0.4) is 0 Å². The van der Waals surface area contributed by atoms with Crippen LogP contribution >= 0.6 is 34.7 Å². The van der Waals surface area contributed by atoms with Gasteiger partial charge in [-0.2, -0.15) is 0 Å². The zero-order valence-electron chi connectivity index (χ0n) is 18.6. The Balaban J connectivity index is 1.49. The van der Waals surface area contributed by atoms with Gasteiger partial charge in [0.25, 0.3) is 5.91 Å². The van der Waals surface area contributed by atoms with E-state index in [2.05, 4.69) is 32.6 Å². The molecule has 2 aromatic carbocycles. The quantitative estimate of drug-likeness (QED) is 0.224. The van der Waals surface area contributed by atoms with Crippen LogP contribution in [-0.2, 0) is 16.9 Å². The van der Waals surface area contributed by atoms with Crippen LogP contribution in [0.25, 0.3) is 5.69 Å². The molecule has 0 aliphatic heterocycles. The summed E-state index contributed by atoms with van der Waals surface area (Å²) in [6.07, 6.45) is 1.41. The summed E-state index contributed by atoms with van der Waals surface area (Å²) in [6, 6.07) is 17.8. The Bertz CT molecular complexity index is 1230. The first-order chi connectivity index (χ1) is 16.6. The molecule has 10 heteroatoms. The van der Waals surface area contributed by atoms with E-state index in [0.29, 0.717) is 36.0 Å². The van der Waals surface area contributed by atoms with Crippen molar-refractivity contribution in [3.63, 3.8) is 0 Å². The molecule has 2 aromatic heterocycles. The molecule has 0 saturated carbocycles. The smallest absolute Gasteiger partial charge is 0.270 e. The maximum atomic E-state index is 12.3. The SMILES string of the molecule is COCCCNC(=O)c1csc(CSc2nnc(Cc3ccccc3)n2-c2cccc(Cl)c2)n1. The number of benzene rings is 2. The number of carbonyl (C=O) groups is 1. The van der Waals surface area contributed by atoms with Crippen molar-refractivity contribution in [2.45, 2.75) is 23.8 Å². The average Bonchev–Trinajstić information content (AvgIpc) is 3.48. The fourth-order valence-corrected chi connectivity index (χ4v) is 5.23. The van der Waals surface area contributed by atoms with E-state index in [9.17, 15) is 4.79 Å². The summed E-state index contributed by atoms with van der Waals surface area (Å²) in [6.45, 7) is 1.17. The first-order valence-electron chi connectivity index (χ1n) is 10.7. The Hall–Kier alpha value is -2.72. The lowest BCUT2D eigenvalue weighted by Crippen LogP contribution is -2.25. The number of halogens is 1. The van der Waals surface area contributed by atoms with Crippen molar-refractivity contribution in [2.24, 2.45) is 0 Å². The summed E-state index contributed by atoms with van der Waals surface area (Å²) in [7, 11) is 1.64. The number of aromatic nitrogens is 4. The fraction of sp³-hybridized carbons (Fsp3) is 0.250. The molecule has 1 N–H and O–H groups in total. The molecule has 0 spiro atoms. The van der Waals surface area contributed by atoms with Crippen LogP contribution in [0.2, 0.25) is 5.02 Å². The zero-order chi connectivity index (χ0) is 23.8. The van der Waals surface area contributed by atoms with Crippen LogP contribution in [0.5, 0.6) is 0 Å². The van der Waals surface area contributed by atoms with Crippen LogP contribution < -0.4 is 5.32 Å². The number of thiazole rings is 1. The van der Waals surface area contributed by atoms with E-state index in [1.54, 1.807) is 12.5 Å². The summed E-state index contributed by atoms with van der Waals surface area (Å²) in [5.41, 5.74) is 2.48. The highest BCUT2D eigenvalue weighted by Gasteiger charge is 2.17.